The molecule has 0 N–H and O–H groups in total. The van der Waals surface area contributed by atoms with Crippen LogP contribution in [0.3, 0.4) is 0 Å². The van der Waals surface area contributed by atoms with Crippen LogP contribution in [-0.4, -0.2) is 12.9 Å². The molecule has 0 aromatic rings. The number of carbonyl (C=O) groups is 1. The van der Waals surface area contributed by atoms with E-state index in [2.05, 4.69) is 4.74 Å². The van der Waals surface area contributed by atoms with Gasteiger partial charge in [0.15, 0.2) is 6.29 Å². The Balaban J connectivity index is 2.67. The molecular weight excluding hydrogens is 166 g/mol. The zero-order valence-corrected chi connectivity index (χ0v) is 6.30. The molecule has 0 radical (unpaired) electrons. The van der Waals surface area contributed by atoms with Crippen molar-refractivity contribution in [2.24, 2.45) is 0 Å². The van der Waals surface area contributed by atoms with E-state index in [4.69, 9.17) is 0 Å². The smallest absolute Gasteiger partial charge is 0.387 e. The topological polar surface area (TPSA) is 26.3 Å². The van der Waals surface area contributed by atoms with E-state index in [1.165, 1.54) is 6.08 Å². The van der Waals surface area contributed by atoms with E-state index in [0.29, 0.717) is 19.1 Å². The van der Waals surface area contributed by atoms with Gasteiger partial charge < -0.3 is 4.74 Å². The van der Waals surface area contributed by atoms with Crippen LogP contribution < -0.4 is 0 Å². The molecule has 0 spiro atoms. The lowest BCUT2D eigenvalue weighted by Gasteiger charge is -2.11. The van der Waals surface area contributed by atoms with Crippen LogP contribution in [0.15, 0.2) is 23.5 Å². The van der Waals surface area contributed by atoms with Crippen molar-refractivity contribution in [3.05, 3.63) is 23.5 Å². The van der Waals surface area contributed by atoms with Crippen molar-refractivity contribution in [2.75, 3.05) is 0 Å². The molecule has 1 aliphatic carbocycles. The van der Waals surface area contributed by atoms with Crippen molar-refractivity contribution in [3.8, 4) is 0 Å². The second-order valence-corrected chi connectivity index (χ2v) is 2.30. The number of carbonyl (C=O) groups excluding carboxylic acids is 1. The minimum Gasteiger partial charge on any atom is -0.434 e. The van der Waals surface area contributed by atoms with E-state index in [9.17, 15) is 13.6 Å². The monoisotopic (exact) mass is 174 g/mol. The first-order valence-corrected chi connectivity index (χ1v) is 3.54. The van der Waals surface area contributed by atoms with Gasteiger partial charge in [0.1, 0.15) is 5.76 Å². The molecule has 0 aromatic carbocycles. The van der Waals surface area contributed by atoms with Crippen molar-refractivity contribution < 1.29 is 18.3 Å². The van der Waals surface area contributed by atoms with Gasteiger partial charge in [0.05, 0.1) is 5.57 Å². The predicted octanol–water partition coefficient (Wildman–Crippen LogP) is 2.03. The van der Waals surface area contributed by atoms with Crippen LogP contribution >= 0.6 is 0 Å². The number of aldehydes is 1. The Hall–Kier alpha value is -1.19. The predicted molar refractivity (Wildman–Crippen MR) is 38.6 cm³/mol. The molecule has 0 fully saturated rings. The Labute approximate surface area is 68.5 Å². The third-order valence-corrected chi connectivity index (χ3v) is 1.49. The molecule has 66 valence electrons. The maximum atomic E-state index is 11.7. The van der Waals surface area contributed by atoms with Crippen LogP contribution in [0.25, 0.3) is 0 Å². The summed E-state index contributed by atoms with van der Waals surface area (Å²) in [6, 6.07) is 0. The Morgan fingerprint density at radius 1 is 1.42 bits per heavy atom. The number of ether oxygens (including phenoxy) is 1. The van der Waals surface area contributed by atoms with Crippen molar-refractivity contribution in [2.45, 2.75) is 19.5 Å². The van der Waals surface area contributed by atoms with E-state index >= 15 is 0 Å². The van der Waals surface area contributed by atoms with Gasteiger partial charge in [0.2, 0.25) is 0 Å². The summed E-state index contributed by atoms with van der Waals surface area (Å²) >= 11 is 0. The van der Waals surface area contributed by atoms with E-state index in [1.807, 2.05) is 0 Å². The molecule has 0 bridgehead atoms. The minimum absolute atomic E-state index is 0.00810. The van der Waals surface area contributed by atoms with Gasteiger partial charge in [-0.1, -0.05) is 6.08 Å². The third kappa shape index (κ3) is 2.15. The van der Waals surface area contributed by atoms with Gasteiger partial charge in [0, 0.05) is 0 Å². The molecule has 0 unspecified atom stereocenters. The Bertz CT molecular complexity index is 231. The van der Waals surface area contributed by atoms with Crippen molar-refractivity contribution in [1.82, 2.24) is 0 Å². The average molecular weight is 174 g/mol. The zero-order valence-electron chi connectivity index (χ0n) is 6.30. The summed E-state index contributed by atoms with van der Waals surface area (Å²) in [5, 5.41) is 0. The summed E-state index contributed by atoms with van der Waals surface area (Å²) < 4.78 is 27.6. The molecule has 0 aromatic heterocycles. The molecule has 0 saturated heterocycles. The van der Waals surface area contributed by atoms with Crippen LogP contribution in [-0.2, 0) is 9.53 Å². The fourth-order valence-corrected chi connectivity index (χ4v) is 0.990. The van der Waals surface area contributed by atoms with Gasteiger partial charge in [-0.2, -0.15) is 8.78 Å². The SMILES string of the molecule is O=CC1=CCCC=C1OC(F)F. The number of allylic oxidation sites excluding steroid dienone is 3. The quantitative estimate of drug-likeness (QED) is 0.612. The summed E-state index contributed by atoms with van der Waals surface area (Å²) in [5.74, 6) is -0.00810. The van der Waals surface area contributed by atoms with Gasteiger partial charge >= 0.3 is 6.61 Å². The Morgan fingerprint density at radius 2 is 2.08 bits per heavy atom. The molecule has 0 saturated carbocycles. The fourth-order valence-electron chi connectivity index (χ4n) is 0.990. The molecule has 1 aliphatic rings. The van der Waals surface area contributed by atoms with Crippen molar-refractivity contribution >= 4 is 6.29 Å². The minimum atomic E-state index is -2.86. The second-order valence-electron chi connectivity index (χ2n) is 2.30. The zero-order chi connectivity index (χ0) is 8.97. The molecule has 4 heteroatoms. The Morgan fingerprint density at radius 3 is 2.67 bits per heavy atom. The highest BCUT2D eigenvalue weighted by atomic mass is 19.3. The molecule has 0 amide bonds. The highest BCUT2D eigenvalue weighted by Gasteiger charge is 2.13. The van der Waals surface area contributed by atoms with Gasteiger partial charge in [-0.15, -0.1) is 0 Å². The lowest BCUT2D eigenvalue weighted by atomic mass is 10.1. The number of rotatable bonds is 3. The second kappa shape index (κ2) is 3.99. The molecule has 0 atom stereocenters. The van der Waals surface area contributed by atoms with E-state index in [1.54, 1.807) is 6.08 Å². The summed E-state index contributed by atoms with van der Waals surface area (Å²) in [7, 11) is 0. The summed E-state index contributed by atoms with van der Waals surface area (Å²) in [4.78, 5) is 10.3. The normalized spacial score (nSPS) is 16.9. The van der Waals surface area contributed by atoms with Crippen LogP contribution in [0.5, 0.6) is 0 Å². The molecule has 0 aliphatic heterocycles. The molecule has 2 nitrogen and oxygen atoms in total. The van der Waals surface area contributed by atoms with Gasteiger partial charge in [-0.25, -0.2) is 0 Å². The molecule has 12 heavy (non-hydrogen) atoms. The largest absolute Gasteiger partial charge is 0.434 e. The van der Waals surface area contributed by atoms with Gasteiger partial charge in [0.25, 0.3) is 0 Å². The fraction of sp³-hybridized carbons (Fsp3) is 0.375. The van der Waals surface area contributed by atoms with Crippen LogP contribution in [0.1, 0.15) is 12.8 Å². The number of halogens is 2. The first kappa shape index (κ1) is 8.90. The van der Waals surface area contributed by atoms with Crippen LogP contribution in [0, 0.1) is 0 Å². The van der Waals surface area contributed by atoms with Gasteiger partial charge in [-0.05, 0) is 18.9 Å². The van der Waals surface area contributed by atoms with Crippen LogP contribution in [0.2, 0.25) is 0 Å². The maximum Gasteiger partial charge on any atom is 0.387 e. The van der Waals surface area contributed by atoms with Crippen molar-refractivity contribution in [3.63, 3.8) is 0 Å². The first-order chi connectivity index (χ1) is 5.74. The maximum absolute atomic E-state index is 11.7. The van der Waals surface area contributed by atoms with E-state index in [-0.39, 0.29) is 11.3 Å². The highest BCUT2D eigenvalue weighted by Crippen LogP contribution is 2.20. The lowest BCUT2D eigenvalue weighted by Crippen LogP contribution is -2.05. The van der Waals surface area contributed by atoms with E-state index < -0.39 is 6.61 Å². The highest BCUT2D eigenvalue weighted by molar-refractivity contribution is 5.79. The summed E-state index contributed by atoms with van der Waals surface area (Å²) in [6.07, 6.45) is 4.94. The van der Waals surface area contributed by atoms with Gasteiger partial charge in [-0.3, -0.25) is 4.79 Å². The molecule has 1 rings (SSSR count). The number of hydrogen-bond acceptors (Lipinski definition) is 2. The number of hydrogen-bond donors (Lipinski definition) is 0. The Kier molecular flexibility index (Phi) is 2.96. The first-order valence-electron chi connectivity index (χ1n) is 3.54. The van der Waals surface area contributed by atoms with Crippen molar-refractivity contribution in [1.29, 1.82) is 0 Å². The standard InChI is InChI=1S/C8H8F2O2/c9-8(10)12-7-4-2-1-3-6(7)5-11/h3-5,8H,1-2H2. The molecule has 0 heterocycles. The third-order valence-electron chi connectivity index (χ3n) is 1.49. The lowest BCUT2D eigenvalue weighted by molar-refractivity contribution is -0.108. The van der Waals surface area contributed by atoms with E-state index in [0.717, 1.165) is 0 Å². The molecular formula is C8H8F2O2. The average Bonchev–Trinajstić information content (AvgIpc) is 2.04. The summed E-state index contributed by atoms with van der Waals surface area (Å²) in [5.41, 5.74) is 0.210. The van der Waals surface area contributed by atoms with Crippen LogP contribution in [0.4, 0.5) is 8.78 Å². The summed E-state index contributed by atoms with van der Waals surface area (Å²) in [6.45, 7) is -2.86. The number of alkyl halides is 2.